The van der Waals surface area contributed by atoms with Gasteiger partial charge in [-0.1, -0.05) is 20.8 Å². The highest BCUT2D eigenvalue weighted by molar-refractivity contribution is 5.34. The van der Waals surface area contributed by atoms with Crippen LogP contribution in [0.25, 0.3) is 0 Å². The predicted octanol–water partition coefficient (Wildman–Crippen LogP) is 1.87. The van der Waals surface area contributed by atoms with Crippen molar-refractivity contribution < 1.29 is 50.0 Å². The van der Waals surface area contributed by atoms with E-state index in [1.54, 1.807) is 13.8 Å². The first kappa shape index (κ1) is 33.1. The second-order valence-electron chi connectivity index (χ2n) is 18.0. The first-order chi connectivity index (χ1) is 20.9. The zero-order valence-electron chi connectivity index (χ0n) is 28.0. The van der Waals surface area contributed by atoms with E-state index in [4.69, 9.17) is 14.2 Å². The molecule has 0 amide bonds. The average Bonchev–Trinajstić information content (AvgIpc) is 3.39. The standard InChI is InChI=1S/C35H58O10/c1-29(2)19-7-8-20-32(6)27(41)25(40)26(31(5)11-9-22(45-31)30(3,4)42)35(32,17-36)14-13-34(20)16-33(19,34)12-10-21(29)44-28-24(39)23(38)18(37)15-43-28/h18-28,36-42H,7-17H2,1-6H3/t18-,19+,20+,21+,22-,23+,24-,25-,26-,27+,28+,31+,32-,33-,34+,35+/m1/s1. The van der Waals surface area contributed by atoms with Crippen LogP contribution < -0.4 is 0 Å². The Morgan fingerprint density at radius 1 is 0.800 bits per heavy atom. The minimum absolute atomic E-state index is 0.00931. The van der Waals surface area contributed by atoms with Crippen molar-refractivity contribution in [3.63, 3.8) is 0 Å². The van der Waals surface area contributed by atoms with Crippen LogP contribution in [-0.4, -0.2) is 109 Å². The normalized spacial score (nSPS) is 58.7. The molecule has 0 aromatic carbocycles. The fraction of sp³-hybridized carbons (Fsp3) is 1.00. The molecule has 5 aliphatic carbocycles. The highest BCUT2D eigenvalue weighted by Gasteiger charge is 2.85. The number of aliphatic hydroxyl groups excluding tert-OH is 6. The number of hydrogen-bond acceptors (Lipinski definition) is 10. The summed E-state index contributed by atoms with van der Waals surface area (Å²) in [6.45, 7) is 12.0. The molecule has 2 spiro atoms. The summed E-state index contributed by atoms with van der Waals surface area (Å²) >= 11 is 0. The molecule has 2 saturated heterocycles. The van der Waals surface area contributed by atoms with Crippen LogP contribution in [0.2, 0.25) is 0 Å². The van der Waals surface area contributed by atoms with E-state index < -0.39 is 64.8 Å². The molecule has 258 valence electrons. The van der Waals surface area contributed by atoms with Crippen LogP contribution in [0.4, 0.5) is 0 Å². The fourth-order valence-electron chi connectivity index (χ4n) is 13.4. The third-order valence-corrected chi connectivity index (χ3v) is 15.6. The maximum atomic E-state index is 12.1. The van der Waals surface area contributed by atoms with E-state index in [0.29, 0.717) is 25.2 Å². The van der Waals surface area contributed by atoms with Crippen molar-refractivity contribution in [2.45, 2.75) is 160 Å². The van der Waals surface area contributed by atoms with Crippen molar-refractivity contribution in [1.82, 2.24) is 0 Å². The Hall–Kier alpha value is -0.400. The Kier molecular flexibility index (Phi) is 7.42. The minimum atomic E-state index is -1.32. The topological polar surface area (TPSA) is 169 Å². The molecule has 2 heterocycles. The van der Waals surface area contributed by atoms with Gasteiger partial charge in [0.25, 0.3) is 0 Å². The van der Waals surface area contributed by atoms with Crippen molar-refractivity contribution >= 4 is 0 Å². The molecule has 0 radical (unpaired) electrons. The van der Waals surface area contributed by atoms with Crippen molar-refractivity contribution in [1.29, 1.82) is 0 Å². The Morgan fingerprint density at radius 2 is 1.47 bits per heavy atom. The summed E-state index contributed by atoms with van der Waals surface area (Å²) in [4.78, 5) is 0. The van der Waals surface area contributed by atoms with E-state index in [1.165, 1.54) is 0 Å². The molecule has 7 N–H and O–H groups in total. The molecule has 0 aromatic heterocycles. The molecule has 10 nitrogen and oxygen atoms in total. The first-order valence-electron chi connectivity index (χ1n) is 17.5. The number of fused-ring (bicyclic) bond motifs is 2. The summed E-state index contributed by atoms with van der Waals surface area (Å²) in [5.74, 6) is 0.0349. The zero-order chi connectivity index (χ0) is 32.8. The molecule has 2 aliphatic heterocycles. The zero-order valence-corrected chi connectivity index (χ0v) is 28.0. The van der Waals surface area contributed by atoms with Crippen LogP contribution >= 0.6 is 0 Å². The van der Waals surface area contributed by atoms with E-state index in [0.717, 1.165) is 38.5 Å². The number of aliphatic hydroxyl groups is 7. The summed E-state index contributed by atoms with van der Waals surface area (Å²) in [5, 5.41) is 76.9. The summed E-state index contributed by atoms with van der Waals surface area (Å²) < 4.78 is 18.7. The average molecular weight is 639 g/mol. The van der Waals surface area contributed by atoms with Crippen LogP contribution in [0.15, 0.2) is 0 Å². The molecule has 0 unspecified atom stereocenters. The van der Waals surface area contributed by atoms with E-state index in [-0.39, 0.29) is 47.6 Å². The molecule has 10 heteroatoms. The largest absolute Gasteiger partial charge is 0.396 e. The van der Waals surface area contributed by atoms with Gasteiger partial charge in [0.1, 0.15) is 18.3 Å². The molecule has 45 heavy (non-hydrogen) atoms. The van der Waals surface area contributed by atoms with Gasteiger partial charge in [-0.15, -0.1) is 0 Å². The van der Waals surface area contributed by atoms with Gasteiger partial charge in [-0.3, -0.25) is 0 Å². The monoisotopic (exact) mass is 638 g/mol. The molecule has 5 saturated carbocycles. The Labute approximate surface area is 267 Å². The molecular formula is C35H58O10. The van der Waals surface area contributed by atoms with Gasteiger partial charge in [0.15, 0.2) is 6.29 Å². The second kappa shape index (κ2) is 10.1. The van der Waals surface area contributed by atoms with Crippen LogP contribution in [0.1, 0.15) is 99.3 Å². The third-order valence-electron chi connectivity index (χ3n) is 15.6. The lowest BCUT2D eigenvalue weighted by molar-refractivity contribution is -0.303. The third kappa shape index (κ3) is 4.04. The minimum Gasteiger partial charge on any atom is -0.396 e. The number of ether oxygens (including phenoxy) is 3. The lowest BCUT2D eigenvalue weighted by Gasteiger charge is -2.64. The highest BCUT2D eigenvalue weighted by Crippen LogP contribution is 2.89. The van der Waals surface area contributed by atoms with Gasteiger partial charge in [-0.2, -0.15) is 0 Å². The lowest BCUT2D eigenvalue weighted by atomic mass is 9.41. The summed E-state index contributed by atoms with van der Waals surface area (Å²) in [5.41, 5.74) is -3.37. The fourth-order valence-corrected chi connectivity index (χ4v) is 13.4. The summed E-state index contributed by atoms with van der Waals surface area (Å²) in [6, 6.07) is 0. The maximum absolute atomic E-state index is 12.1. The molecular weight excluding hydrogens is 580 g/mol. The van der Waals surface area contributed by atoms with Gasteiger partial charge >= 0.3 is 0 Å². The van der Waals surface area contributed by atoms with E-state index in [2.05, 4.69) is 20.8 Å². The smallest absolute Gasteiger partial charge is 0.186 e. The van der Waals surface area contributed by atoms with E-state index in [1.807, 2.05) is 6.92 Å². The first-order valence-corrected chi connectivity index (χ1v) is 17.5. The molecule has 7 fully saturated rings. The maximum Gasteiger partial charge on any atom is 0.186 e. The Bertz CT molecular complexity index is 1170. The van der Waals surface area contributed by atoms with Crippen molar-refractivity contribution in [2.75, 3.05) is 13.2 Å². The molecule has 0 aromatic rings. The quantitative estimate of drug-likeness (QED) is 0.221. The van der Waals surface area contributed by atoms with Crippen LogP contribution in [0, 0.1) is 44.8 Å². The van der Waals surface area contributed by atoms with Crippen molar-refractivity contribution in [2.24, 2.45) is 44.8 Å². The van der Waals surface area contributed by atoms with E-state index in [9.17, 15) is 35.7 Å². The lowest BCUT2D eigenvalue weighted by Crippen LogP contribution is -2.63. The molecule has 16 atom stereocenters. The van der Waals surface area contributed by atoms with Crippen LogP contribution in [0.5, 0.6) is 0 Å². The van der Waals surface area contributed by atoms with Gasteiger partial charge in [-0.25, -0.2) is 0 Å². The predicted molar refractivity (Wildman–Crippen MR) is 163 cm³/mol. The molecule has 7 rings (SSSR count). The summed E-state index contributed by atoms with van der Waals surface area (Å²) in [7, 11) is 0. The van der Waals surface area contributed by atoms with Gasteiger partial charge < -0.3 is 50.0 Å². The van der Waals surface area contributed by atoms with Gasteiger partial charge in [0, 0.05) is 23.4 Å². The van der Waals surface area contributed by atoms with Gasteiger partial charge in [-0.05, 0) is 107 Å². The highest BCUT2D eigenvalue weighted by atomic mass is 16.7. The van der Waals surface area contributed by atoms with Crippen LogP contribution in [0.3, 0.4) is 0 Å². The SMILES string of the molecule is CC(C)(O)[C@H]1CC[C@@](C)([C@H]2[C@@H](O)[C@H](O)[C@@]3(C)[C@@H]4CC[C@H]5C(C)(C)[C@@H](O[C@@H]6OC[C@@H](O)[C@H](O)[C@H]6O)CC[C@@]56C[C@@]46CC[C@]23CO)O1. The second-order valence-corrected chi connectivity index (χ2v) is 18.0. The van der Waals surface area contributed by atoms with Crippen LogP contribution in [-0.2, 0) is 14.2 Å². The van der Waals surface area contributed by atoms with Crippen molar-refractivity contribution in [3.8, 4) is 0 Å². The summed E-state index contributed by atoms with van der Waals surface area (Å²) in [6.07, 6.45) is 0.222. The Balaban J connectivity index is 1.17. The Morgan fingerprint density at radius 3 is 2.11 bits per heavy atom. The number of rotatable bonds is 5. The molecule has 7 aliphatic rings. The van der Waals surface area contributed by atoms with Crippen molar-refractivity contribution in [3.05, 3.63) is 0 Å². The van der Waals surface area contributed by atoms with Gasteiger partial charge in [0.2, 0.25) is 0 Å². The van der Waals surface area contributed by atoms with E-state index >= 15 is 0 Å². The van der Waals surface area contributed by atoms with Gasteiger partial charge in [0.05, 0.1) is 42.2 Å². The number of hydrogen-bond donors (Lipinski definition) is 7. The molecule has 0 bridgehead atoms.